The maximum absolute atomic E-state index is 11.1. The Kier molecular flexibility index (Phi) is 11.3. The van der Waals surface area contributed by atoms with Crippen LogP contribution in [0.25, 0.3) is 0 Å². The normalized spacial score (nSPS) is 18.5. The SMILES string of the molecule is CCN/C=C1/C=CC=CC1=O.CCN/C=C1/C=CC=CC1=O.[Cu]. The van der Waals surface area contributed by atoms with E-state index < -0.39 is 0 Å². The van der Waals surface area contributed by atoms with Crippen molar-refractivity contribution in [1.29, 1.82) is 0 Å². The van der Waals surface area contributed by atoms with Crippen LogP contribution in [0.1, 0.15) is 13.8 Å². The van der Waals surface area contributed by atoms with Gasteiger partial charge in [-0.3, -0.25) is 9.59 Å². The zero-order chi connectivity index (χ0) is 16.2. The molecule has 0 amide bonds. The largest absolute Gasteiger partial charge is 0.391 e. The molecular weight excluding hydrogens is 340 g/mol. The van der Waals surface area contributed by atoms with Crippen LogP contribution in [0.2, 0.25) is 0 Å². The van der Waals surface area contributed by atoms with Crippen molar-refractivity contribution in [2.75, 3.05) is 13.1 Å². The molecule has 0 unspecified atom stereocenters. The van der Waals surface area contributed by atoms with Crippen LogP contribution in [0.4, 0.5) is 0 Å². The zero-order valence-electron chi connectivity index (χ0n) is 13.3. The average molecular weight is 362 g/mol. The van der Waals surface area contributed by atoms with E-state index in [2.05, 4.69) is 10.6 Å². The fraction of sp³-hybridized carbons (Fsp3) is 0.222. The topological polar surface area (TPSA) is 58.2 Å². The van der Waals surface area contributed by atoms with Crippen LogP contribution >= 0.6 is 0 Å². The molecule has 0 aromatic carbocycles. The number of allylic oxidation sites excluding steroid dienone is 10. The number of hydrogen-bond acceptors (Lipinski definition) is 4. The van der Waals surface area contributed by atoms with Crippen molar-refractivity contribution in [2.45, 2.75) is 13.8 Å². The molecule has 1 radical (unpaired) electrons. The standard InChI is InChI=1S/2C9H11NO.Cu/c2*1-2-10-7-8-5-3-4-6-9(8)11;/h2*3-7,10H,2H2,1H3;/b2*8-7-;. The molecule has 2 rings (SSSR count). The van der Waals surface area contributed by atoms with Crippen molar-refractivity contribution in [2.24, 2.45) is 0 Å². The Balaban J connectivity index is 0.000000403. The molecular formula is C18H22CuN2O2. The third-order valence-corrected chi connectivity index (χ3v) is 2.76. The van der Waals surface area contributed by atoms with Gasteiger partial charge in [0.25, 0.3) is 0 Å². The van der Waals surface area contributed by atoms with Gasteiger partial charge in [-0.05, 0) is 38.2 Å². The summed E-state index contributed by atoms with van der Waals surface area (Å²) < 4.78 is 0. The molecule has 0 saturated heterocycles. The molecule has 4 nitrogen and oxygen atoms in total. The van der Waals surface area contributed by atoms with E-state index in [1.165, 1.54) is 0 Å². The summed E-state index contributed by atoms with van der Waals surface area (Å²) in [5.74, 6) is 0.127. The minimum Gasteiger partial charge on any atom is -0.391 e. The van der Waals surface area contributed by atoms with Crippen molar-refractivity contribution in [1.82, 2.24) is 10.6 Å². The molecule has 0 atom stereocenters. The van der Waals surface area contributed by atoms with Gasteiger partial charge in [-0.1, -0.05) is 24.3 Å². The minimum atomic E-state index is 0. The predicted molar refractivity (Wildman–Crippen MR) is 90.1 cm³/mol. The van der Waals surface area contributed by atoms with Crippen molar-refractivity contribution in [3.63, 3.8) is 0 Å². The number of rotatable bonds is 4. The first kappa shape index (κ1) is 20.9. The summed E-state index contributed by atoms with van der Waals surface area (Å²) in [6, 6.07) is 0. The number of carbonyl (C=O) groups excluding carboxylic acids is 2. The molecule has 127 valence electrons. The first-order valence-electron chi connectivity index (χ1n) is 7.34. The molecule has 2 N–H and O–H groups in total. The van der Waals surface area contributed by atoms with Crippen LogP contribution in [-0.2, 0) is 26.7 Å². The van der Waals surface area contributed by atoms with Gasteiger partial charge >= 0.3 is 0 Å². The van der Waals surface area contributed by atoms with Gasteiger partial charge in [0.1, 0.15) is 0 Å². The first-order valence-corrected chi connectivity index (χ1v) is 7.34. The number of nitrogens with one attached hydrogen (secondary N) is 2. The Hall–Kier alpha value is -2.10. The van der Waals surface area contributed by atoms with E-state index in [1.807, 2.05) is 26.0 Å². The first-order chi connectivity index (χ1) is 10.7. The predicted octanol–water partition coefficient (Wildman–Crippen LogP) is 2.35. The van der Waals surface area contributed by atoms with E-state index in [9.17, 15) is 9.59 Å². The van der Waals surface area contributed by atoms with Gasteiger partial charge in [-0.2, -0.15) is 0 Å². The molecule has 0 spiro atoms. The smallest absolute Gasteiger partial charge is 0.187 e. The van der Waals surface area contributed by atoms with Gasteiger partial charge < -0.3 is 10.6 Å². The molecule has 5 heteroatoms. The Labute approximate surface area is 148 Å². The maximum atomic E-state index is 11.1. The fourth-order valence-electron chi connectivity index (χ4n) is 1.62. The van der Waals surface area contributed by atoms with E-state index in [0.29, 0.717) is 11.1 Å². The Bertz CT molecular complexity index is 530. The summed E-state index contributed by atoms with van der Waals surface area (Å²) in [5.41, 5.74) is 1.43. The van der Waals surface area contributed by atoms with Crippen LogP contribution in [0, 0.1) is 0 Å². The summed E-state index contributed by atoms with van der Waals surface area (Å²) in [6.07, 6.45) is 17.4. The van der Waals surface area contributed by atoms with E-state index in [-0.39, 0.29) is 28.6 Å². The van der Waals surface area contributed by atoms with E-state index >= 15 is 0 Å². The molecule has 2 aliphatic carbocycles. The fourth-order valence-corrected chi connectivity index (χ4v) is 1.62. The molecule has 0 aromatic heterocycles. The molecule has 2 aliphatic rings. The summed E-state index contributed by atoms with van der Waals surface area (Å²) in [5, 5.41) is 5.96. The average Bonchev–Trinajstić information content (AvgIpc) is 2.54. The van der Waals surface area contributed by atoms with Gasteiger partial charge in [0.05, 0.1) is 0 Å². The van der Waals surface area contributed by atoms with Gasteiger partial charge in [0, 0.05) is 53.7 Å². The van der Waals surface area contributed by atoms with E-state index in [4.69, 9.17) is 0 Å². The molecule has 0 bridgehead atoms. The second kappa shape index (κ2) is 12.4. The maximum Gasteiger partial charge on any atom is 0.187 e. The zero-order valence-corrected chi connectivity index (χ0v) is 14.2. The quantitative estimate of drug-likeness (QED) is 0.596. The van der Waals surface area contributed by atoms with Gasteiger partial charge in [0.2, 0.25) is 0 Å². The molecule has 23 heavy (non-hydrogen) atoms. The molecule has 0 aromatic rings. The van der Waals surface area contributed by atoms with Gasteiger partial charge in [-0.25, -0.2) is 0 Å². The molecule has 0 fully saturated rings. The van der Waals surface area contributed by atoms with Crippen LogP contribution in [0.3, 0.4) is 0 Å². The third kappa shape index (κ3) is 8.19. The number of carbonyl (C=O) groups is 2. The number of hydrogen-bond donors (Lipinski definition) is 2. The Morgan fingerprint density at radius 3 is 1.39 bits per heavy atom. The second-order valence-electron chi connectivity index (χ2n) is 4.48. The second-order valence-corrected chi connectivity index (χ2v) is 4.48. The van der Waals surface area contributed by atoms with Crippen molar-refractivity contribution >= 4 is 11.6 Å². The van der Waals surface area contributed by atoms with Gasteiger partial charge in [-0.15, -0.1) is 0 Å². The molecule has 0 saturated carbocycles. The number of ketones is 2. The van der Waals surface area contributed by atoms with E-state index in [1.54, 1.807) is 48.9 Å². The molecule has 0 heterocycles. The third-order valence-electron chi connectivity index (χ3n) is 2.76. The summed E-state index contributed by atoms with van der Waals surface area (Å²) in [6.45, 7) is 5.66. The summed E-state index contributed by atoms with van der Waals surface area (Å²) >= 11 is 0. The Morgan fingerprint density at radius 1 is 0.739 bits per heavy atom. The Morgan fingerprint density at radius 2 is 1.09 bits per heavy atom. The monoisotopic (exact) mass is 361 g/mol. The van der Waals surface area contributed by atoms with E-state index in [0.717, 1.165) is 13.1 Å². The van der Waals surface area contributed by atoms with Crippen molar-refractivity contribution < 1.29 is 26.7 Å². The summed E-state index contributed by atoms with van der Waals surface area (Å²) in [4.78, 5) is 22.1. The molecule has 0 aliphatic heterocycles. The minimum absolute atomic E-state index is 0. The van der Waals surface area contributed by atoms with Crippen LogP contribution in [0.15, 0.2) is 72.2 Å². The summed E-state index contributed by atoms with van der Waals surface area (Å²) in [7, 11) is 0. The van der Waals surface area contributed by atoms with Crippen molar-refractivity contribution in [3.8, 4) is 0 Å². The van der Waals surface area contributed by atoms with Crippen LogP contribution < -0.4 is 10.6 Å². The van der Waals surface area contributed by atoms with Crippen LogP contribution in [-0.4, -0.2) is 24.7 Å². The van der Waals surface area contributed by atoms with Gasteiger partial charge in [0.15, 0.2) is 11.6 Å². The van der Waals surface area contributed by atoms with Crippen LogP contribution in [0.5, 0.6) is 0 Å². The van der Waals surface area contributed by atoms with Crippen molar-refractivity contribution in [3.05, 3.63) is 72.2 Å².